The molecule has 8 nitrogen and oxygen atoms in total. The largest absolute Gasteiger partial charge is 0.457 e. The second kappa shape index (κ2) is 5.31. The minimum atomic E-state index is -1.64. The summed E-state index contributed by atoms with van der Waals surface area (Å²) in [6, 6.07) is 6.11. The summed E-state index contributed by atoms with van der Waals surface area (Å²) in [7, 11) is 0. The molecule has 1 heterocycles. The normalized spacial score (nSPS) is 33.5. The van der Waals surface area contributed by atoms with Crippen molar-refractivity contribution in [2.45, 2.75) is 43.4 Å². The molecule has 2 aliphatic rings. The van der Waals surface area contributed by atoms with Gasteiger partial charge in [0.25, 0.3) is 5.69 Å². The zero-order valence-electron chi connectivity index (χ0n) is 11.5. The van der Waals surface area contributed by atoms with Crippen LogP contribution in [0.15, 0.2) is 24.3 Å². The number of nitro benzene ring substituents is 1. The minimum absolute atomic E-state index is 0.0400. The highest BCUT2D eigenvalue weighted by molar-refractivity contribution is 5.82. The lowest BCUT2D eigenvalue weighted by Crippen LogP contribution is -2.49. The molecule has 1 saturated heterocycles. The summed E-state index contributed by atoms with van der Waals surface area (Å²) in [5, 5.41) is 31.2. The Bertz CT molecular complexity index is 619. The molecule has 3 rings (SSSR count). The Labute approximate surface area is 125 Å². The lowest BCUT2D eigenvalue weighted by Gasteiger charge is -2.33. The highest BCUT2D eigenvalue weighted by Crippen LogP contribution is 2.39. The van der Waals surface area contributed by atoms with E-state index in [1.807, 2.05) is 0 Å². The summed E-state index contributed by atoms with van der Waals surface area (Å²) >= 11 is 0. The molecular weight excluding hydrogens is 294 g/mol. The standard InChI is InChI=1S/C14H15NO7/c16-12-10(5-14(18)6-11(12)22-13(14)17)21-7-8-3-1-2-4-9(8)15(19)20/h1-4,10-12,16,18H,5-7H2/t10-,11-,12-,14+/m1/s1. The molecule has 0 aromatic heterocycles. The number of carbonyl (C=O) groups excluding carboxylic acids is 1. The number of ether oxygens (including phenoxy) is 2. The van der Waals surface area contributed by atoms with Gasteiger partial charge in [0.15, 0.2) is 5.60 Å². The van der Waals surface area contributed by atoms with Gasteiger partial charge in [-0.1, -0.05) is 12.1 Å². The summed E-state index contributed by atoms with van der Waals surface area (Å²) in [4.78, 5) is 22.0. The van der Waals surface area contributed by atoms with Gasteiger partial charge >= 0.3 is 5.97 Å². The Balaban J connectivity index is 1.72. The van der Waals surface area contributed by atoms with Crippen LogP contribution >= 0.6 is 0 Å². The monoisotopic (exact) mass is 309 g/mol. The third kappa shape index (κ3) is 2.45. The predicted molar refractivity (Wildman–Crippen MR) is 71.7 cm³/mol. The van der Waals surface area contributed by atoms with Crippen molar-refractivity contribution in [3.8, 4) is 0 Å². The third-order valence-corrected chi connectivity index (χ3v) is 4.12. The molecule has 2 fully saturated rings. The van der Waals surface area contributed by atoms with Crippen LogP contribution in [0, 0.1) is 10.1 Å². The van der Waals surface area contributed by atoms with Crippen molar-refractivity contribution in [2.24, 2.45) is 0 Å². The average Bonchev–Trinajstić information content (AvgIpc) is 2.74. The Morgan fingerprint density at radius 1 is 1.41 bits per heavy atom. The topological polar surface area (TPSA) is 119 Å². The van der Waals surface area contributed by atoms with Gasteiger partial charge in [0, 0.05) is 18.9 Å². The Morgan fingerprint density at radius 3 is 2.86 bits per heavy atom. The van der Waals surface area contributed by atoms with Crippen LogP contribution in [0.4, 0.5) is 5.69 Å². The molecule has 1 aromatic carbocycles. The summed E-state index contributed by atoms with van der Waals surface area (Å²) in [5.41, 5.74) is -1.37. The number of nitrogens with zero attached hydrogens (tertiary/aromatic N) is 1. The van der Waals surface area contributed by atoms with E-state index in [2.05, 4.69) is 0 Å². The number of hydrogen-bond donors (Lipinski definition) is 2. The second-order valence-corrected chi connectivity index (χ2v) is 5.61. The third-order valence-electron chi connectivity index (χ3n) is 4.12. The first-order chi connectivity index (χ1) is 10.4. The molecule has 1 aliphatic heterocycles. The van der Waals surface area contributed by atoms with Crippen LogP contribution in [-0.4, -0.2) is 45.0 Å². The zero-order chi connectivity index (χ0) is 15.9. The molecule has 1 aromatic rings. The van der Waals surface area contributed by atoms with Crippen LogP contribution in [0.1, 0.15) is 18.4 Å². The van der Waals surface area contributed by atoms with E-state index in [0.29, 0.717) is 5.56 Å². The summed E-state index contributed by atoms with van der Waals surface area (Å²) < 4.78 is 10.4. The lowest BCUT2D eigenvalue weighted by atomic mass is 9.82. The van der Waals surface area contributed by atoms with E-state index in [1.54, 1.807) is 18.2 Å². The number of esters is 1. The van der Waals surface area contributed by atoms with Gasteiger partial charge in [-0.3, -0.25) is 10.1 Å². The predicted octanol–water partition coefficient (Wildman–Crippen LogP) is 0.291. The van der Waals surface area contributed by atoms with Crippen molar-refractivity contribution in [3.05, 3.63) is 39.9 Å². The lowest BCUT2D eigenvalue weighted by molar-refractivity contribution is -0.386. The first-order valence-electron chi connectivity index (χ1n) is 6.86. The Morgan fingerprint density at radius 2 is 2.14 bits per heavy atom. The molecule has 2 N–H and O–H groups in total. The average molecular weight is 309 g/mol. The van der Waals surface area contributed by atoms with Crippen molar-refractivity contribution in [1.82, 2.24) is 0 Å². The van der Waals surface area contributed by atoms with Crippen LogP contribution < -0.4 is 0 Å². The van der Waals surface area contributed by atoms with Gasteiger partial charge in [-0.15, -0.1) is 0 Å². The quantitative estimate of drug-likeness (QED) is 0.466. The van der Waals surface area contributed by atoms with Crippen LogP contribution in [0.5, 0.6) is 0 Å². The van der Waals surface area contributed by atoms with Gasteiger partial charge < -0.3 is 19.7 Å². The van der Waals surface area contributed by atoms with E-state index >= 15 is 0 Å². The van der Waals surface area contributed by atoms with Crippen molar-refractivity contribution in [3.63, 3.8) is 0 Å². The molecule has 1 saturated carbocycles. The van der Waals surface area contributed by atoms with Crippen LogP contribution in [-0.2, 0) is 20.9 Å². The maximum atomic E-state index is 11.6. The van der Waals surface area contributed by atoms with Crippen LogP contribution in [0.3, 0.4) is 0 Å². The highest BCUT2D eigenvalue weighted by Gasteiger charge is 2.57. The fourth-order valence-corrected chi connectivity index (χ4v) is 2.92. The second-order valence-electron chi connectivity index (χ2n) is 5.61. The minimum Gasteiger partial charge on any atom is -0.457 e. The number of nitro groups is 1. The van der Waals surface area contributed by atoms with E-state index in [4.69, 9.17) is 9.47 Å². The van der Waals surface area contributed by atoms with E-state index < -0.39 is 34.8 Å². The van der Waals surface area contributed by atoms with Crippen molar-refractivity contribution >= 4 is 11.7 Å². The fourth-order valence-electron chi connectivity index (χ4n) is 2.92. The number of rotatable bonds is 4. The molecule has 0 radical (unpaired) electrons. The van der Waals surface area contributed by atoms with E-state index in [9.17, 15) is 25.1 Å². The van der Waals surface area contributed by atoms with Gasteiger partial charge in [0.05, 0.1) is 23.2 Å². The zero-order valence-corrected chi connectivity index (χ0v) is 11.5. The molecule has 4 atom stereocenters. The number of hydrogen-bond acceptors (Lipinski definition) is 7. The van der Waals surface area contributed by atoms with E-state index in [0.717, 1.165) is 0 Å². The molecule has 118 valence electrons. The van der Waals surface area contributed by atoms with Gasteiger partial charge in [-0.2, -0.15) is 0 Å². The van der Waals surface area contributed by atoms with Crippen molar-refractivity contribution in [2.75, 3.05) is 0 Å². The van der Waals surface area contributed by atoms with Gasteiger partial charge in [0.2, 0.25) is 0 Å². The first-order valence-corrected chi connectivity index (χ1v) is 6.86. The number of aliphatic hydroxyl groups is 2. The fraction of sp³-hybridized carbons (Fsp3) is 0.500. The SMILES string of the molecule is O=C1O[C@@H]2C[C@@]1(O)C[C@@H](OCc1ccccc1[N+](=O)[O-])[C@H]2O. The Kier molecular flexibility index (Phi) is 3.59. The highest BCUT2D eigenvalue weighted by atomic mass is 16.6. The number of fused-ring (bicyclic) bond motifs is 2. The molecular formula is C14H15NO7. The molecule has 0 spiro atoms. The number of carbonyl (C=O) groups is 1. The number of aliphatic hydroxyl groups excluding tert-OH is 1. The number of benzene rings is 1. The Hall–Kier alpha value is -2.03. The van der Waals surface area contributed by atoms with Crippen molar-refractivity contribution in [1.29, 1.82) is 0 Å². The summed E-state index contributed by atoms with van der Waals surface area (Å²) in [5.74, 6) is -0.756. The molecule has 22 heavy (non-hydrogen) atoms. The van der Waals surface area contributed by atoms with Crippen LogP contribution in [0.2, 0.25) is 0 Å². The number of para-hydroxylation sites is 1. The molecule has 2 bridgehead atoms. The molecule has 1 aliphatic carbocycles. The van der Waals surface area contributed by atoms with Gasteiger partial charge in [0.1, 0.15) is 12.2 Å². The van der Waals surface area contributed by atoms with Crippen molar-refractivity contribution < 1.29 is 29.4 Å². The molecule has 0 amide bonds. The van der Waals surface area contributed by atoms with E-state index in [1.165, 1.54) is 6.07 Å². The smallest absolute Gasteiger partial charge is 0.338 e. The molecule has 8 heteroatoms. The summed E-state index contributed by atoms with van der Waals surface area (Å²) in [6.45, 7) is -0.101. The molecule has 0 unspecified atom stereocenters. The first kappa shape index (κ1) is 14.9. The van der Waals surface area contributed by atoms with E-state index in [-0.39, 0.29) is 25.1 Å². The van der Waals surface area contributed by atoms with Gasteiger partial charge in [-0.05, 0) is 6.07 Å². The summed E-state index contributed by atoms with van der Waals surface area (Å²) in [6.07, 6.45) is -2.74. The maximum absolute atomic E-state index is 11.6. The van der Waals surface area contributed by atoms with Gasteiger partial charge in [-0.25, -0.2) is 4.79 Å². The maximum Gasteiger partial charge on any atom is 0.338 e. The van der Waals surface area contributed by atoms with Crippen LogP contribution in [0.25, 0.3) is 0 Å².